The summed E-state index contributed by atoms with van der Waals surface area (Å²) in [6, 6.07) is 0.147. The lowest BCUT2D eigenvalue weighted by molar-refractivity contribution is -0.138. The standard InChI is InChI=1S/C12H23N3O2/c1-10-8-14(2)5-3-6-15(10)12(16)11-9-17-7-4-13-11/h10-11,13H,3-9H2,1-2H3. The fourth-order valence-corrected chi connectivity index (χ4v) is 2.62. The van der Waals surface area contributed by atoms with Gasteiger partial charge in [0.25, 0.3) is 0 Å². The zero-order valence-corrected chi connectivity index (χ0v) is 10.8. The van der Waals surface area contributed by atoms with Crippen molar-refractivity contribution in [3.05, 3.63) is 0 Å². The first-order chi connectivity index (χ1) is 8.18. The number of nitrogens with one attached hydrogen (secondary N) is 1. The highest BCUT2D eigenvalue weighted by atomic mass is 16.5. The lowest BCUT2D eigenvalue weighted by atomic mass is 10.2. The Hall–Kier alpha value is -0.650. The number of hydrogen-bond donors (Lipinski definition) is 1. The molecule has 5 nitrogen and oxygen atoms in total. The third-order valence-corrected chi connectivity index (χ3v) is 3.55. The molecule has 2 saturated heterocycles. The van der Waals surface area contributed by atoms with Crippen molar-refractivity contribution in [1.82, 2.24) is 15.1 Å². The molecular weight excluding hydrogens is 218 g/mol. The smallest absolute Gasteiger partial charge is 0.242 e. The van der Waals surface area contributed by atoms with Crippen molar-refractivity contribution in [1.29, 1.82) is 0 Å². The first-order valence-electron chi connectivity index (χ1n) is 6.48. The first-order valence-corrected chi connectivity index (χ1v) is 6.48. The van der Waals surface area contributed by atoms with Crippen molar-refractivity contribution in [2.45, 2.75) is 25.4 Å². The minimum atomic E-state index is -0.144. The van der Waals surface area contributed by atoms with Gasteiger partial charge in [-0.15, -0.1) is 0 Å². The third-order valence-electron chi connectivity index (χ3n) is 3.55. The predicted molar refractivity (Wildman–Crippen MR) is 65.9 cm³/mol. The highest BCUT2D eigenvalue weighted by Crippen LogP contribution is 2.11. The van der Waals surface area contributed by atoms with Gasteiger partial charge in [-0.05, 0) is 26.9 Å². The van der Waals surface area contributed by atoms with Crippen LogP contribution in [0.25, 0.3) is 0 Å². The van der Waals surface area contributed by atoms with Gasteiger partial charge in [0.05, 0.1) is 13.2 Å². The summed E-state index contributed by atoms with van der Waals surface area (Å²) in [7, 11) is 2.12. The summed E-state index contributed by atoms with van der Waals surface area (Å²) in [5.41, 5.74) is 0. The molecule has 0 aromatic heterocycles. The summed E-state index contributed by atoms with van der Waals surface area (Å²) in [6.07, 6.45) is 1.06. The average Bonchev–Trinajstić information content (AvgIpc) is 2.50. The summed E-state index contributed by atoms with van der Waals surface area (Å²) in [5.74, 6) is 0.201. The first kappa shape index (κ1) is 12.8. The Labute approximate surface area is 103 Å². The maximum absolute atomic E-state index is 12.4. The second-order valence-electron chi connectivity index (χ2n) is 5.08. The van der Waals surface area contributed by atoms with Crippen molar-refractivity contribution in [3.8, 4) is 0 Å². The molecule has 2 aliphatic rings. The summed E-state index contributed by atoms with van der Waals surface area (Å²) in [4.78, 5) is 16.7. The number of hydrogen-bond acceptors (Lipinski definition) is 4. The number of morpholine rings is 1. The molecule has 0 saturated carbocycles. The number of carbonyl (C=O) groups excluding carboxylic acids is 1. The summed E-state index contributed by atoms with van der Waals surface area (Å²) < 4.78 is 5.36. The molecule has 98 valence electrons. The van der Waals surface area contributed by atoms with Crippen LogP contribution in [0.4, 0.5) is 0 Å². The Morgan fingerprint density at radius 1 is 1.41 bits per heavy atom. The van der Waals surface area contributed by atoms with Gasteiger partial charge in [0, 0.05) is 25.7 Å². The van der Waals surface area contributed by atoms with E-state index in [4.69, 9.17) is 4.74 Å². The molecule has 0 spiro atoms. The third kappa shape index (κ3) is 3.18. The maximum atomic E-state index is 12.4. The minimum Gasteiger partial charge on any atom is -0.378 e. The molecule has 1 N–H and O–H groups in total. The normalized spacial score (nSPS) is 32.2. The zero-order chi connectivity index (χ0) is 12.3. The molecular formula is C12H23N3O2. The lowest BCUT2D eigenvalue weighted by Crippen LogP contribution is -2.55. The van der Waals surface area contributed by atoms with Gasteiger partial charge in [0.2, 0.25) is 5.91 Å². The van der Waals surface area contributed by atoms with E-state index in [2.05, 4.69) is 24.2 Å². The highest BCUT2D eigenvalue weighted by molar-refractivity contribution is 5.82. The highest BCUT2D eigenvalue weighted by Gasteiger charge is 2.30. The number of amides is 1. The van der Waals surface area contributed by atoms with Crippen molar-refractivity contribution in [3.63, 3.8) is 0 Å². The van der Waals surface area contributed by atoms with E-state index >= 15 is 0 Å². The Morgan fingerprint density at radius 2 is 2.24 bits per heavy atom. The van der Waals surface area contributed by atoms with Crippen LogP contribution in [0, 0.1) is 0 Å². The number of carbonyl (C=O) groups is 1. The van der Waals surface area contributed by atoms with Gasteiger partial charge >= 0.3 is 0 Å². The van der Waals surface area contributed by atoms with E-state index in [-0.39, 0.29) is 11.9 Å². The molecule has 1 amide bonds. The van der Waals surface area contributed by atoms with Crippen molar-refractivity contribution in [2.75, 3.05) is 46.4 Å². The topological polar surface area (TPSA) is 44.8 Å². The van der Waals surface area contributed by atoms with Crippen LogP contribution < -0.4 is 5.32 Å². The number of nitrogens with zero attached hydrogens (tertiary/aromatic N) is 2. The van der Waals surface area contributed by atoms with Gasteiger partial charge in [-0.1, -0.05) is 0 Å². The second-order valence-corrected chi connectivity index (χ2v) is 5.08. The number of ether oxygens (including phenoxy) is 1. The maximum Gasteiger partial charge on any atom is 0.242 e. The predicted octanol–water partition coefficient (Wildman–Crippen LogP) is -0.473. The number of rotatable bonds is 1. The van der Waals surface area contributed by atoms with Crippen molar-refractivity contribution in [2.24, 2.45) is 0 Å². The van der Waals surface area contributed by atoms with E-state index in [0.717, 1.165) is 32.6 Å². The van der Waals surface area contributed by atoms with Gasteiger partial charge in [0.15, 0.2) is 0 Å². The number of likely N-dealkylation sites (N-methyl/N-ethyl adjacent to an activating group) is 1. The molecule has 2 atom stereocenters. The van der Waals surface area contributed by atoms with Crippen LogP contribution in [0.1, 0.15) is 13.3 Å². The molecule has 2 aliphatic heterocycles. The van der Waals surface area contributed by atoms with Gasteiger partial charge < -0.3 is 19.9 Å². The van der Waals surface area contributed by atoms with Crippen LogP contribution in [0.15, 0.2) is 0 Å². The van der Waals surface area contributed by atoms with Crippen molar-refractivity contribution >= 4 is 5.91 Å². The van der Waals surface area contributed by atoms with Crippen LogP contribution in [-0.4, -0.2) is 74.2 Å². The van der Waals surface area contributed by atoms with E-state index in [1.54, 1.807) is 0 Å². The van der Waals surface area contributed by atoms with E-state index < -0.39 is 0 Å². The molecule has 0 aliphatic carbocycles. The van der Waals surface area contributed by atoms with Crippen LogP contribution in [0.5, 0.6) is 0 Å². The molecule has 2 rings (SSSR count). The molecule has 17 heavy (non-hydrogen) atoms. The van der Waals surface area contributed by atoms with Gasteiger partial charge in [-0.3, -0.25) is 4.79 Å². The fraction of sp³-hybridized carbons (Fsp3) is 0.917. The Morgan fingerprint density at radius 3 is 2.94 bits per heavy atom. The average molecular weight is 241 g/mol. The largest absolute Gasteiger partial charge is 0.378 e. The summed E-state index contributed by atoms with van der Waals surface area (Å²) >= 11 is 0. The SMILES string of the molecule is CC1CN(C)CCCN1C(=O)C1COCCN1. The molecule has 0 aromatic rings. The molecule has 0 bridgehead atoms. The minimum absolute atomic E-state index is 0.144. The Balaban J connectivity index is 1.96. The van der Waals surface area contributed by atoms with Gasteiger partial charge in [-0.25, -0.2) is 0 Å². The molecule has 5 heteroatoms. The van der Waals surface area contributed by atoms with E-state index in [1.165, 1.54) is 0 Å². The van der Waals surface area contributed by atoms with Crippen LogP contribution in [-0.2, 0) is 9.53 Å². The van der Waals surface area contributed by atoms with Crippen LogP contribution >= 0.6 is 0 Å². The van der Waals surface area contributed by atoms with Crippen LogP contribution in [0.3, 0.4) is 0 Å². The molecule has 2 unspecified atom stereocenters. The monoisotopic (exact) mass is 241 g/mol. The van der Waals surface area contributed by atoms with E-state index in [9.17, 15) is 4.79 Å². The Bertz CT molecular complexity index is 266. The zero-order valence-electron chi connectivity index (χ0n) is 10.8. The van der Waals surface area contributed by atoms with Crippen LogP contribution in [0.2, 0.25) is 0 Å². The quantitative estimate of drug-likeness (QED) is 0.674. The second kappa shape index (κ2) is 5.80. The molecule has 0 aromatic carbocycles. The Kier molecular flexibility index (Phi) is 4.36. The summed E-state index contributed by atoms with van der Waals surface area (Å²) in [6.45, 7) is 7.02. The molecule has 0 radical (unpaired) electrons. The van der Waals surface area contributed by atoms with E-state index in [0.29, 0.717) is 19.3 Å². The molecule has 2 fully saturated rings. The molecule has 2 heterocycles. The summed E-state index contributed by atoms with van der Waals surface area (Å²) in [5, 5.41) is 3.24. The van der Waals surface area contributed by atoms with Gasteiger partial charge in [-0.2, -0.15) is 0 Å². The fourth-order valence-electron chi connectivity index (χ4n) is 2.62. The van der Waals surface area contributed by atoms with Gasteiger partial charge in [0.1, 0.15) is 6.04 Å². The van der Waals surface area contributed by atoms with Crippen molar-refractivity contribution < 1.29 is 9.53 Å². The van der Waals surface area contributed by atoms with E-state index in [1.807, 2.05) is 4.90 Å². The lowest BCUT2D eigenvalue weighted by Gasteiger charge is -2.33.